The van der Waals surface area contributed by atoms with Crippen LogP contribution in [0.2, 0.25) is 0 Å². The molecule has 3 N–H and O–H groups in total. The van der Waals surface area contributed by atoms with Crippen LogP contribution in [-0.2, 0) is 17.8 Å². The van der Waals surface area contributed by atoms with E-state index in [9.17, 15) is 24.2 Å². The van der Waals surface area contributed by atoms with Gasteiger partial charge in [-0.25, -0.2) is 14.4 Å². The molecule has 0 bridgehead atoms. The molecule has 200 valence electrons. The molecule has 1 saturated heterocycles. The second-order valence-electron chi connectivity index (χ2n) is 9.74. The maximum Gasteiger partial charge on any atom is 0.303 e. The summed E-state index contributed by atoms with van der Waals surface area (Å²) < 4.78 is 14.1. The Balaban J connectivity index is 1.35. The molecule has 1 aromatic heterocycles. The van der Waals surface area contributed by atoms with Gasteiger partial charge in [-0.05, 0) is 61.4 Å². The second kappa shape index (κ2) is 12.1. The summed E-state index contributed by atoms with van der Waals surface area (Å²) in [6.45, 7) is 3.01. The van der Waals surface area contributed by atoms with Gasteiger partial charge in [0.1, 0.15) is 11.6 Å². The molecule has 3 aromatic rings. The molecule has 2 heterocycles. The summed E-state index contributed by atoms with van der Waals surface area (Å²) in [6.07, 6.45) is 2.52. The van der Waals surface area contributed by atoms with Crippen LogP contribution in [0.3, 0.4) is 0 Å². The van der Waals surface area contributed by atoms with E-state index in [0.29, 0.717) is 23.9 Å². The molecule has 4 rings (SSSR count). The van der Waals surface area contributed by atoms with Crippen molar-refractivity contribution < 1.29 is 29.3 Å². The predicted octanol–water partition coefficient (Wildman–Crippen LogP) is 4.69. The number of aliphatic hydroxyl groups is 1. The Hall–Kier alpha value is -3.85. The Morgan fingerprint density at radius 3 is 2.34 bits per heavy atom. The number of aromatic hydroxyl groups is 1. The fourth-order valence-corrected chi connectivity index (χ4v) is 4.80. The van der Waals surface area contributed by atoms with Gasteiger partial charge in [0, 0.05) is 43.6 Å². The topological polar surface area (TPSA) is 124 Å². The first-order valence-electron chi connectivity index (χ1n) is 12.8. The number of hydrogen-bond acceptors (Lipinski definition) is 7. The van der Waals surface area contributed by atoms with Crippen molar-refractivity contribution in [2.45, 2.75) is 52.1 Å². The Morgan fingerprint density at radius 1 is 1.03 bits per heavy atom. The lowest BCUT2D eigenvalue weighted by Crippen LogP contribution is -2.34. The molecular weight excluding hydrogens is 489 g/mol. The number of carbonyl (C=O) groups excluding carboxylic acids is 1. The Labute approximate surface area is 220 Å². The summed E-state index contributed by atoms with van der Waals surface area (Å²) in [5.41, 5.74) is 3.35. The SMILES string of the molecule is Cc1nc(CC2CCN(c3ccc(-c4ccc(CO)c(F)c4)cc3)CC2)nc(C(=O)CCCC(=O)O)c1O. The summed E-state index contributed by atoms with van der Waals surface area (Å²) in [4.78, 5) is 34.3. The summed E-state index contributed by atoms with van der Waals surface area (Å²) >= 11 is 0. The highest BCUT2D eigenvalue weighted by molar-refractivity contribution is 5.97. The van der Waals surface area contributed by atoms with Crippen molar-refractivity contribution in [1.82, 2.24) is 9.97 Å². The molecule has 0 spiro atoms. The van der Waals surface area contributed by atoms with Crippen LogP contribution in [0.5, 0.6) is 5.75 Å². The maximum absolute atomic E-state index is 14.1. The predicted molar refractivity (Wildman–Crippen MR) is 141 cm³/mol. The molecule has 0 radical (unpaired) electrons. The van der Waals surface area contributed by atoms with Crippen molar-refractivity contribution in [1.29, 1.82) is 0 Å². The normalized spacial score (nSPS) is 14.0. The number of piperidine rings is 1. The standard InChI is InChI=1S/C29H32FN3O5/c1-18-29(38)28(25(35)3-2-4-27(36)37)32-26(31-18)15-19-11-13-33(14-12-19)23-9-7-20(8-10-23)21-5-6-22(17-34)24(30)16-21/h5-10,16,19,34,38H,2-4,11-15,17H2,1H3,(H,36,37). The molecule has 0 unspecified atom stereocenters. The van der Waals surface area contributed by atoms with Gasteiger partial charge in [-0.1, -0.05) is 24.3 Å². The summed E-state index contributed by atoms with van der Waals surface area (Å²) in [5.74, 6) is -1.15. The van der Waals surface area contributed by atoms with E-state index in [1.54, 1.807) is 19.1 Å². The number of nitrogens with zero attached hydrogens (tertiary/aromatic N) is 3. The highest BCUT2D eigenvalue weighted by Crippen LogP contribution is 2.29. The number of ketones is 1. The van der Waals surface area contributed by atoms with E-state index in [-0.39, 0.29) is 48.7 Å². The molecule has 1 aliphatic heterocycles. The number of halogens is 1. The van der Waals surface area contributed by atoms with Gasteiger partial charge in [0.15, 0.2) is 17.2 Å². The largest absolute Gasteiger partial charge is 0.504 e. The van der Waals surface area contributed by atoms with Crippen LogP contribution in [0.15, 0.2) is 42.5 Å². The average molecular weight is 522 g/mol. The number of hydrogen-bond donors (Lipinski definition) is 3. The van der Waals surface area contributed by atoms with Gasteiger partial charge in [0.05, 0.1) is 12.3 Å². The van der Waals surface area contributed by atoms with Crippen molar-refractivity contribution in [2.75, 3.05) is 18.0 Å². The lowest BCUT2D eigenvalue weighted by molar-refractivity contribution is -0.137. The number of aryl methyl sites for hydroxylation is 1. The number of Topliss-reactive ketones (excluding diaryl/α,β-unsaturated/α-hetero) is 1. The summed E-state index contributed by atoms with van der Waals surface area (Å²) in [6, 6.07) is 12.8. The molecule has 2 aromatic carbocycles. The Kier molecular flexibility index (Phi) is 8.68. The third-order valence-electron chi connectivity index (χ3n) is 7.04. The number of carbonyl (C=O) groups is 2. The van der Waals surface area contributed by atoms with E-state index >= 15 is 0 Å². The lowest BCUT2D eigenvalue weighted by Gasteiger charge is -2.33. The lowest BCUT2D eigenvalue weighted by atomic mass is 9.92. The van der Waals surface area contributed by atoms with Gasteiger partial charge in [0.2, 0.25) is 0 Å². The van der Waals surface area contributed by atoms with Crippen LogP contribution in [0.25, 0.3) is 11.1 Å². The van der Waals surface area contributed by atoms with E-state index in [0.717, 1.165) is 42.7 Å². The smallest absolute Gasteiger partial charge is 0.303 e. The number of aliphatic hydroxyl groups excluding tert-OH is 1. The first-order valence-corrected chi connectivity index (χ1v) is 12.8. The van der Waals surface area contributed by atoms with Gasteiger partial charge < -0.3 is 20.2 Å². The minimum atomic E-state index is -0.965. The van der Waals surface area contributed by atoms with Crippen LogP contribution in [0, 0.1) is 18.7 Å². The van der Waals surface area contributed by atoms with Gasteiger partial charge in [-0.2, -0.15) is 0 Å². The fraction of sp³-hybridized carbons (Fsp3) is 0.379. The van der Waals surface area contributed by atoms with E-state index in [1.165, 1.54) is 6.07 Å². The van der Waals surface area contributed by atoms with Gasteiger partial charge in [0.25, 0.3) is 0 Å². The summed E-state index contributed by atoms with van der Waals surface area (Å²) in [5, 5.41) is 28.3. The number of anilines is 1. The van der Waals surface area contributed by atoms with Crippen LogP contribution in [0.1, 0.15) is 59.7 Å². The second-order valence-corrected chi connectivity index (χ2v) is 9.74. The van der Waals surface area contributed by atoms with Crippen LogP contribution in [0.4, 0.5) is 10.1 Å². The van der Waals surface area contributed by atoms with Gasteiger partial charge in [-0.3, -0.25) is 9.59 Å². The van der Waals surface area contributed by atoms with Gasteiger partial charge >= 0.3 is 5.97 Å². The summed E-state index contributed by atoms with van der Waals surface area (Å²) in [7, 11) is 0. The highest BCUT2D eigenvalue weighted by Gasteiger charge is 2.23. The van der Waals surface area contributed by atoms with E-state index < -0.39 is 11.8 Å². The molecular formula is C29H32FN3O5. The molecule has 0 saturated carbocycles. The zero-order chi connectivity index (χ0) is 27.2. The van der Waals surface area contributed by atoms with Gasteiger partial charge in [-0.15, -0.1) is 0 Å². The highest BCUT2D eigenvalue weighted by atomic mass is 19.1. The molecule has 0 atom stereocenters. The molecule has 38 heavy (non-hydrogen) atoms. The van der Waals surface area contributed by atoms with E-state index in [2.05, 4.69) is 14.9 Å². The minimum Gasteiger partial charge on any atom is -0.504 e. The molecule has 1 aliphatic rings. The van der Waals surface area contributed by atoms with Crippen molar-refractivity contribution in [3.8, 4) is 16.9 Å². The Morgan fingerprint density at radius 2 is 1.71 bits per heavy atom. The van der Waals surface area contributed by atoms with E-state index in [1.807, 2.05) is 24.3 Å². The first kappa shape index (κ1) is 27.2. The van der Waals surface area contributed by atoms with Crippen molar-refractivity contribution in [3.63, 3.8) is 0 Å². The molecule has 0 aliphatic carbocycles. The zero-order valence-corrected chi connectivity index (χ0v) is 21.4. The molecule has 0 amide bonds. The van der Waals surface area contributed by atoms with Crippen molar-refractivity contribution >= 4 is 17.4 Å². The van der Waals surface area contributed by atoms with Crippen LogP contribution in [-0.4, -0.2) is 50.1 Å². The van der Waals surface area contributed by atoms with E-state index in [4.69, 9.17) is 5.11 Å². The van der Waals surface area contributed by atoms with Crippen molar-refractivity contribution in [3.05, 3.63) is 71.1 Å². The number of aliphatic carboxylic acids is 1. The molecule has 8 nitrogen and oxygen atoms in total. The third-order valence-corrected chi connectivity index (χ3v) is 7.04. The van der Waals surface area contributed by atoms with Crippen molar-refractivity contribution in [2.24, 2.45) is 5.92 Å². The molecule has 9 heteroatoms. The number of benzene rings is 2. The number of carboxylic acids is 1. The number of aromatic nitrogens is 2. The van der Waals surface area contributed by atoms with Crippen LogP contribution < -0.4 is 4.90 Å². The zero-order valence-electron chi connectivity index (χ0n) is 21.4. The third kappa shape index (κ3) is 6.52. The average Bonchev–Trinajstić information content (AvgIpc) is 2.91. The first-order chi connectivity index (χ1) is 18.2. The molecule has 1 fully saturated rings. The number of rotatable bonds is 10. The Bertz CT molecular complexity index is 1300. The monoisotopic (exact) mass is 521 g/mol. The fourth-order valence-electron chi connectivity index (χ4n) is 4.80. The van der Waals surface area contributed by atoms with Crippen LogP contribution >= 0.6 is 0 Å². The maximum atomic E-state index is 14.1. The number of carboxylic acid groups (broad SMARTS) is 1. The minimum absolute atomic E-state index is 0.00976. The quantitative estimate of drug-likeness (QED) is 0.329.